The molecule has 0 atom stereocenters. The summed E-state index contributed by atoms with van der Waals surface area (Å²) in [5.41, 5.74) is 11.9. The first-order valence-corrected chi connectivity index (χ1v) is 16.5. The normalized spacial score (nSPS) is 10.8. The lowest BCUT2D eigenvalue weighted by Gasteiger charge is -2.16. The lowest BCUT2D eigenvalue weighted by atomic mass is 9.90. The van der Waals surface area contributed by atoms with Gasteiger partial charge in [0.2, 0.25) is 0 Å². The van der Waals surface area contributed by atoms with Gasteiger partial charge in [-0.25, -0.2) is 15.0 Å². The predicted molar refractivity (Wildman–Crippen MR) is 203 cm³/mol. The molecular weight excluding hydrogens is 609 g/mol. The average Bonchev–Trinajstić information content (AvgIpc) is 3.21. The zero-order chi connectivity index (χ0) is 33.7. The van der Waals surface area contributed by atoms with Gasteiger partial charge in [0.1, 0.15) is 0 Å². The van der Waals surface area contributed by atoms with Crippen LogP contribution in [0.25, 0.3) is 78.7 Å². The molecule has 0 N–H and O–H groups in total. The van der Waals surface area contributed by atoms with E-state index in [-0.39, 0.29) is 0 Å². The minimum Gasteiger partial charge on any atom is -0.208 e. The average molecular weight is 639 g/mol. The fraction of sp³-hybridized carbons (Fsp3) is 0. The minimum atomic E-state index is 0.569. The molecule has 0 saturated heterocycles. The Hall–Kier alpha value is -6.96. The lowest BCUT2D eigenvalue weighted by Crippen LogP contribution is -2.02. The molecule has 4 heteroatoms. The van der Waals surface area contributed by atoms with Crippen LogP contribution in [0.5, 0.6) is 0 Å². The molecule has 0 radical (unpaired) electrons. The molecule has 0 spiro atoms. The monoisotopic (exact) mass is 638 g/mol. The van der Waals surface area contributed by atoms with Gasteiger partial charge < -0.3 is 0 Å². The van der Waals surface area contributed by atoms with E-state index in [1.807, 2.05) is 72.8 Å². The Morgan fingerprint density at radius 2 is 0.780 bits per heavy atom. The highest BCUT2D eigenvalue weighted by Crippen LogP contribution is 2.40. The third kappa shape index (κ3) is 6.20. The zero-order valence-electron chi connectivity index (χ0n) is 27.1. The van der Waals surface area contributed by atoms with E-state index in [2.05, 4.69) is 115 Å². The molecule has 0 aliphatic heterocycles. The SMILES string of the molecule is N#Cc1cccc(-c2cccc(-c3nc(-c4ccc(-c5ccccc5)cc4)nc(-c4cccc(-c5ccccc5)c4-c4ccccc4)n3)c2)c1. The van der Waals surface area contributed by atoms with Crippen LogP contribution in [-0.4, -0.2) is 15.0 Å². The van der Waals surface area contributed by atoms with Crippen molar-refractivity contribution in [3.05, 3.63) is 188 Å². The van der Waals surface area contributed by atoms with E-state index in [0.717, 1.165) is 61.2 Å². The first-order chi connectivity index (χ1) is 24.7. The highest BCUT2D eigenvalue weighted by atomic mass is 15.0. The van der Waals surface area contributed by atoms with Gasteiger partial charge in [-0.1, -0.05) is 164 Å². The van der Waals surface area contributed by atoms with E-state index >= 15 is 0 Å². The van der Waals surface area contributed by atoms with Gasteiger partial charge in [0.25, 0.3) is 0 Å². The van der Waals surface area contributed by atoms with Gasteiger partial charge >= 0.3 is 0 Å². The number of nitriles is 1. The number of benzene rings is 7. The number of rotatable bonds is 7. The molecule has 1 aromatic heterocycles. The summed E-state index contributed by atoms with van der Waals surface area (Å²) in [7, 11) is 0. The van der Waals surface area contributed by atoms with Crippen LogP contribution in [0, 0.1) is 11.3 Å². The molecular formula is C46H30N4. The summed E-state index contributed by atoms with van der Waals surface area (Å²) < 4.78 is 0. The molecule has 0 bridgehead atoms. The highest BCUT2D eigenvalue weighted by molar-refractivity contribution is 5.93. The van der Waals surface area contributed by atoms with Gasteiger partial charge in [-0.05, 0) is 57.1 Å². The maximum Gasteiger partial charge on any atom is 0.164 e. The fourth-order valence-corrected chi connectivity index (χ4v) is 6.32. The molecule has 7 aromatic carbocycles. The van der Waals surface area contributed by atoms with Crippen LogP contribution in [0.4, 0.5) is 0 Å². The van der Waals surface area contributed by atoms with Crippen molar-refractivity contribution in [1.29, 1.82) is 5.26 Å². The Balaban J connectivity index is 1.33. The second kappa shape index (κ2) is 13.6. The molecule has 1 heterocycles. The Morgan fingerprint density at radius 3 is 1.46 bits per heavy atom. The van der Waals surface area contributed by atoms with Crippen LogP contribution >= 0.6 is 0 Å². The molecule has 4 nitrogen and oxygen atoms in total. The lowest BCUT2D eigenvalue weighted by molar-refractivity contribution is 1.07. The van der Waals surface area contributed by atoms with Crippen molar-refractivity contribution in [3.8, 4) is 84.7 Å². The van der Waals surface area contributed by atoms with Gasteiger partial charge in [-0.3, -0.25) is 0 Å². The Morgan fingerprint density at radius 1 is 0.320 bits per heavy atom. The summed E-state index contributed by atoms with van der Waals surface area (Å²) in [4.78, 5) is 15.4. The summed E-state index contributed by atoms with van der Waals surface area (Å²) in [5, 5.41) is 9.52. The molecule has 0 aliphatic carbocycles. The van der Waals surface area contributed by atoms with E-state index in [4.69, 9.17) is 15.0 Å². The fourth-order valence-electron chi connectivity index (χ4n) is 6.32. The molecule has 50 heavy (non-hydrogen) atoms. The first kappa shape index (κ1) is 30.4. The van der Waals surface area contributed by atoms with Crippen molar-refractivity contribution < 1.29 is 0 Å². The predicted octanol–water partition coefficient (Wildman–Crippen LogP) is 11.4. The van der Waals surface area contributed by atoms with Crippen LogP contribution < -0.4 is 0 Å². The Labute approximate surface area is 291 Å². The number of hydrogen-bond acceptors (Lipinski definition) is 4. The molecule has 0 saturated carbocycles. The summed E-state index contributed by atoms with van der Waals surface area (Å²) >= 11 is 0. The maximum absolute atomic E-state index is 9.52. The third-order valence-corrected chi connectivity index (χ3v) is 8.78. The number of aromatic nitrogens is 3. The van der Waals surface area contributed by atoms with Gasteiger partial charge in [0, 0.05) is 22.3 Å². The van der Waals surface area contributed by atoms with Gasteiger partial charge in [0.05, 0.1) is 11.6 Å². The smallest absolute Gasteiger partial charge is 0.164 e. The quantitative estimate of drug-likeness (QED) is 0.174. The number of hydrogen-bond donors (Lipinski definition) is 0. The third-order valence-electron chi connectivity index (χ3n) is 8.78. The topological polar surface area (TPSA) is 62.5 Å². The van der Waals surface area contributed by atoms with E-state index in [9.17, 15) is 5.26 Å². The van der Waals surface area contributed by atoms with Crippen molar-refractivity contribution in [2.75, 3.05) is 0 Å². The summed E-state index contributed by atoms with van der Waals surface area (Å²) in [5.74, 6) is 1.75. The summed E-state index contributed by atoms with van der Waals surface area (Å²) in [6.07, 6.45) is 0. The maximum atomic E-state index is 9.52. The van der Waals surface area contributed by atoms with Crippen molar-refractivity contribution in [2.45, 2.75) is 0 Å². The van der Waals surface area contributed by atoms with Crippen LogP contribution in [0.2, 0.25) is 0 Å². The number of nitrogens with zero attached hydrogens (tertiary/aromatic N) is 4. The van der Waals surface area contributed by atoms with Crippen LogP contribution in [0.15, 0.2) is 182 Å². The molecule has 234 valence electrons. The van der Waals surface area contributed by atoms with Crippen LogP contribution in [0.1, 0.15) is 5.56 Å². The van der Waals surface area contributed by atoms with E-state index < -0.39 is 0 Å². The molecule has 0 amide bonds. The first-order valence-electron chi connectivity index (χ1n) is 16.5. The second-order valence-corrected chi connectivity index (χ2v) is 12.0. The van der Waals surface area contributed by atoms with E-state index in [1.165, 1.54) is 0 Å². The van der Waals surface area contributed by atoms with Gasteiger partial charge in [-0.2, -0.15) is 5.26 Å². The van der Waals surface area contributed by atoms with E-state index in [1.54, 1.807) is 0 Å². The minimum absolute atomic E-state index is 0.569. The van der Waals surface area contributed by atoms with E-state index in [0.29, 0.717) is 23.0 Å². The van der Waals surface area contributed by atoms with Gasteiger partial charge in [-0.15, -0.1) is 0 Å². The zero-order valence-corrected chi connectivity index (χ0v) is 27.1. The standard InChI is InChI=1S/C46H30N4/c47-31-32-13-10-20-38(29-32)39-21-11-22-40(30-39)45-48-44(37-27-25-34(26-28-37)33-14-4-1-5-15-33)49-46(50-45)42-24-12-23-41(35-16-6-2-7-17-35)43(42)36-18-8-3-9-19-36/h1-30H. The largest absolute Gasteiger partial charge is 0.208 e. The van der Waals surface area contributed by atoms with Crippen molar-refractivity contribution >= 4 is 0 Å². The second-order valence-electron chi connectivity index (χ2n) is 12.0. The van der Waals surface area contributed by atoms with Crippen LogP contribution in [0.3, 0.4) is 0 Å². The Bertz CT molecular complexity index is 2470. The van der Waals surface area contributed by atoms with Crippen molar-refractivity contribution in [1.82, 2.24) is 15.0 Å². The van der Waals surface area contributed by atoms with Crippen LogP contribution in [-0.2, 0) is 0 Å². The van der Waals surface area contributed by atoms with Crippen molar-refractivity contribution in [2.24, 2.45) is 0 Å². The Kier molecular flexibility index (Phi) is 8.29. The summed E-state index contributed by atoms with van der Waals surface area (Å²) in [6, 6.07) is 64.0. The molecule has 8 rings (SSSR count). The van der Waals surface area contributed by atoms with Crippen molar-refractivity contribution in [3.63, 3.8) is 0 Å². The molecule has 0 aliphatic rings. The van der Waals surface area contributed by atoms with Gasteiger partial charge in [0.15, 0.2) is 17.5 Å². The summed E-state index contributed by atoms with van der Waals surface area (Å²) in [6.45, 7) is 0. The molecule has 0 fully saturated rings. The molecule has 8 aromatic rings. The molecule has 0 unspecified atom stereocenters. The highest BCUT2D eigenvalue weighted by Gasteiger charge is 2.19.